The smallest absolute Gasteiger partial charge is 0.326 e. The standard InChI is InChI=1S/C24H31N3O5/c1-3-16(2)13-21(28)27-24(10-4-5-11-24)23(31)26-19(22(29)30)14-17-8-9-18(25-15-17)20-7-6-12-32-20/h6-9,12,15-16,19H,3-5,10-11,13-14H2,1-2H3,(H,26,31)(H,27,28)(H,29,30). The molecule has 8 nitrogen and oxygen atoms in total. The van der Waals surface area contributed by atoms with Crippen molar-refractivity contribution in [1.82, 2.24) is 15.6 Å². The number of hydrogen-bond acceptors (Lipinski definition) is 5. The van der Waals surface area contributed by atoms with Gasteiger partial charge < -0.3 is 20.2 Å². The maximum absolute atomic E-state index is 13.2. The van der Waals surface area contributed by atoms with Crippen molar-refractivity contribution in [2.24, 2.45) is 5.92 Å². The normalized spacial score (nSPS) is 16.8. The van der Waals surface area contributed by atoms with Crippen LogP contribution in [0.1, 0.15) is 57.9 Å². The molecule has 172 valence electrons. The van der Waals surface area contributed by atoms with Gasteiger partial charge in [-0.05, 0) is 42.5 Å². The second-order valence-corrected chi connectivity index (χ2v) is 8.65. The summed E-state index contributed by atoms with van der Waals surface area (Å²) in [4.78, 5) is 41.9. The van der Waals surface area contributed by atoms with Crippen molar-refractivity contribution < 1.29 is 23.9 Å². The fourth-order valence-corrected chi connectivity index (χ4v) is 4.01. The molecule has 1 fully saturated rings. The maximum Gasteiger partial charge on any atom is 0.326 e. The van der Waals surface area contributed by atoms with Crippen molar-refractivity contribution in [3.05, 3.63) is 42.3 Å². The van der Waals surface area contributed by atoms with Crippen LogP contribution >= 0.6 is 0 Å². The lowest BCUT2D eigenvalue weighted by Gasteiger charge is -2.31. The summed E-state index contributed by atoms with van der Waals surface area (Å²) < 4.78 is 5.31. The summed E-state index contributed by atoms with van der Waals surface area (Å²) in [7, 11) is 0. The van der Waals surface area contributed by atoms with Crippen LogP contribution in [0.3, 0.4) is 0 Å². The van der Waals surface area contributed by atoms with Gasteiger partial charge in [0.2, 0.25) is 11.8 Å². The van der Waals surface area contributed by atoms with Gasteiger partial charge in [-0.25, -0.2) is 4.79 Å². The van der Waals surface area contributed by atoms with Gasteiger partial charge in [-0.2, -0.15) is 0 Å². The van der Waals surface area contributed by atoms with Crippen molar-refractivity contribution >= 4 is 17.8 Å². The molecule has 2 aromatic heterocycles. The van der Waals surface area contributed by atoms with E-state index in [1.165, 1.54) is 0 Å². The molecule has 3 rings (SSSR count). The molecule has 1 saturated carbocycles. The minimum Gasteiger partial charge on any atom is -0.480 e. The summed E-state index contributed by atoms with van der Waals surface area (Å²) in [6, 6.07) is 5.96. The summed E-state index contributed by atoms with van der Waals surface area (Å²) in [5, 5.41) is 15.3. The average Bonchev–Trinajstić information content (AvgIpc) is 3.46. The Morgan fingerprint density at radius 3 is 2.53 bits per heavy atom. The molecule has 0 aromatic carbocycles. The zero-order valence-electron chi connectivity index (χ0n) is 18.6. The van der Waals surface area contributed by atoms with E-state index in [9.17, 15) is 19.5 Å². The fraction of sp³-hybridized carbons (Fsp3) is 0.500. The van der Waals surface area contributed by atoms with Crippen LogP contribution in [0.5, 0.6) is 0 Å². The molecule has 8 heteroatoms. The average molecular weight is 442 g/mol. The van der Waals surface area contributed by atoms with Crippen LogP contribution in [0.15, 0.2) is 41.1 Å². The highest BCUT2D eigenvalue weighted by atomic mass is 16.4. The van der Waals surface area contributed by atoms with Crippen LogP contribution in [0.2, 0.25) is 0 Å². The number of nitrogens with one attached hydrogen (secondary N) is 2. The first kappa shape index (κ1) is 23.5. The van der Waals surface area contributed by atoms with E-state index in [-0.39, 0.29) is 18.2 Å². The van der Waals surface area contributed by atoms with Crippen LogP contribution in [-0.4, -0.2) is 39.5 Å². The molecule has 2 amide bonds. The van der Waals surface area contributed by atoms with Crippen LogP contribution in [0.25, 0.3) is 11.5 Å². The Labute approximate surface area is 187 Å². The lowest BCUT2D eigenvalue weighted by molar-refractivity contribution is -0.143. The number of carbonyl (C=O) groups excluding carboxylic acids is 2. The first-order chi connectivity index (χ1) is 15.3. The third-order valence-electron chi connectivity index (χ3n) is 6.14. The van der Waals surface area contributed by atoms with Crippen molar-refractivity contribution in [2.75, 3.05) is 0 Å². The van der Waals surface area contributed by atoms with Crippen LogP contribution in [0.4, 0.5) is 0 Å². The van der Waals surface area contributed by atoms with E-state index in [1.807, 2.05) is 13.8 Å². The zero-order chi connectivity index (χ0) is 23.1. The Kier molecular flexibility index (Phi) is 7.66. The topological polar surface area (TPSA) is 122 Å². The molecular formula is C24H31N3O5. The van der Waals surface area contributed by atoms with Gasteiger partial charge in [0, 0.05) is 19.0 Å². The first-order valence-corrected chi connectivity index (χ1v) is 11.2. The SMILES string of the molecule is CCC(C)CC(=O)NC1(C(=O)NC(Cc2ccc(-c3ccco3)nc2)C(=O)O)CCCC1. The molecule has 0 aliphatic heterocycles. The Morgan fingerprint density at radius 1 is 1.22 bits per heavy atom. The van der Waals surface area contributed by atoms with E-state index in [0.29, 0.717) is 36.3 Å². The third kappa shape index (κ3) is 5.75. The van der Waals surface area contributed by atoms with Gasteiger partial charge in [0.25, 0.3) is 0 Å². The molecule has 1 aliphatic rings. The Balaban J connectivity index is 1.67. The molecule has 2 unspecified atom stereocenters. The number of furan rings is 1. The monoisotopic (exact) mass is 441 g/mol. The van der Waals surface area contributed by atoms with E-state index >= 15 is 0 Å². The van der Waals surface area contributed by atoms with Gasteiger partial charge in [0.05, 0.1) is 6.26 Å². The summed E-state index contributed by atoms with van der Waals surface area (Å²) in [6.45, 7) is 4.01. The minimum atomic E-state index is -1.13. The van der Waals surface area contributed by atoms with Gasteiger partial charge in [0.15, 0.2) is 5.76 Å². The molecule has 1 aliphatic carbocycles. The number of nitrogens with zero attached hydrogens (tertiary/aromatic N) is 1. The zero-order valence-corrected chi connectivity index (χ0v) is 18.6. The summed E-state index contributed by atoms with van der Waals surface area (Å²) in [6.07, 6.45) is 7.10. The number of amides is 2. The van der Waals surface area contributed by atoms with E-state index in [0.717, 1.165) is 19.3 Å². The van der Waals surface area contributed by atoms with E-state index in [4.69, 9.17) is 4.42 Å². The van der Waals surface area contributed by atoms with Crippen molar-refractivity contribution in [1.29, 1.82) is 0 Å². The Hall–Kier alpha value is -3.16. The molecule has 32 heavy (non-hydrogen) atoms. The fourth-order valence-electron chi connectivity index (χ4n) is 4.01. The summed E-state index contributed by atoms with van der Waals surface area (Å²) in [5.41, 5.74) is 0.275. The van der Waals surface area contributed by atoms with Crippen molar-refractivity contribution in [3.63, 3.8) is 0 Å². The van der Waals surface area contributed by atoms with Crippen LogP contribution < -0.4 is 10.6 Å². The van der Waals surface area contributed by atoms with Gasteiger partial charge in [-0.1, -0.05) is 39.2 Å². The van der Waals surface area contributed by atoms with Crippen molar-refractivity contribution in [2.45, 2.75) is 70.4 Å². The third-order valence-corrected chi connectivity index (χ3v) is 6.14. The predicted molar refractivity (Wildman–Crippen MR) is 119 cm³/mol. The largest absolute Gasteiger partial charge is 0.480 e. The molecule has 2 heterocycles. The first-order valence-electron chi connectivity index (χ1n) is 11.2. The molecule has 2 aromatic rings. The van der Waals surface area contributed by atoms with E-state index < -0.39 is 23.5 Å². The quantitative estimate of drug-likeness (QED) is 0.520. The lowest BCUT2D eigenvalue weighted by Crippen LogP contribution is -2.60. The number of carboxylic acid groups (broad SMARTS) is 1. The lowest BCUT2D eigenvalue weighted by atomic mass is 9.94. The number of carboxylic acids is 1. The number of aliphatic carboxylic acids is 1. The van der Waals surface area contributed by atoms with Crippen LogP contribution in [0, 0.1) is 5.92 Å². The van der Waals surface area contributed by atoms with Gasteiger partial charge in [-0.15, -0.1) is 0 Å². The minimum absolute atomic E-state index is 0.0867. The molecule has 2 atom stereocenters. The molecule has 3 N–H and O–H groups in total. The molecule has 0 saturated heterocycles. The van der Waals surface area contributed by atoms with Crippen molar-refractivity contribution in [3.8, 4) is 11.5 Å². The number of carbonyl (C=O) groups is 3. The van der Waals surface area contributed by atoms with Gasteiger partial charge in [0.1, 0.15) is 17.3 Å². The molecule has 0 bridgehead atoms. The van der Waals surface area contributed by atoms with E-state index in [1.54, 1.807) is 36.7 Å². The van der Waals surface area contributed by atoms with Crippen LogP contribution in [-0.2, 0) is 20.8 Å². The Morgan fingerprint density at radius 2 is 1.97 bits per heavy atom. The maximum atomic E-state index is 13.2. The number of aromatic nitrogens is 1. The second kappa shape index (κ2) is 10.4. The highest BCUT2D eigenvalue weighted by Gasteiger charge is 2.43. The highest BCUT2D eigenvalue weighted by molar-refractivity contribution is 5.94. The van der Waals surface area contributed by atoms with Gasteiger partial charge >= 0.3 is 5.97 Å². The number of rotatable bonds is 10. The molecule has 0 spiro atoms. The van der Waals surface area contributed by atoms with E-state index in [2.05, 4.69) is 15.6 Å². The van der Waals surface area contributed by atoms with Gasteiger partial charge in [-0.3, -0.25) is 14.6 Å². The number of hydrogen-bond donors (Lipinski definition) is 3. The summed E-state index contributed by atoms with van der Waals surface area (Å²) >= 11 is 0. The second-order valence-electron chi connectivity index (χ2n) is 8.65. The number of pyridine rings is 1. The molecule has 0 radical (unpaired) electrons. The Bertz CT molecular complexity index is 918. The predicted octanol–water partition coefficient (Wildman–Crippen LogP) is 3.32. The molecular weight excluding hydrogens is 410 g/mol. The highest BCUT2D eigenvalue weighted by Crippen LogP contribution is 2.30. The summed E-state index contributed by atoms with van der Waals surface area (Å²) in [5.74, 6) is -0.885.